The van der Waals surface area contributed by atoms with Gasteiger partial charge in [0.2, 0.25) is 0 Å². The molecule has 2 aromatic carbocycles. The van der Waals surface area contributed by atoms with E-state index in [0.717, 1.165) is 10.0 Å². The zero-order chi connectivity index (χ0) is 15.4. The fourth-order valence-corrected chi connectivity index (χ4v) is 2.77. The van der Waals surface area contributed by atoms with E-state index >= 15 is 0 Å². The second kappa shape index (κ2) is 6.91. The molecule has 1 unspecified atom stereocenters. The standard InChI is InChI=1S/C16H16BrFO3/c1-20-14-7-6-10(8-11(14)17)9-13(19)16-12(18)4-3-5-15(16)21-2/h3-8,13,19H,9H2,1-2H3. The van der Waals surface area contributed by atoms with E-state index in [-0.39, 0.29) is 12.0 Å². The minimum atomic E-state index is -0.985. The van der Waals surface area contributed by atoms with Crippen molar-refractivity contribution in [1.29, 1.82) is 0 Å². The van der Waals surface area contributed by atoms with Gasteiger partial charge in [0.1, 0.15) is 17.3 Å². The molecule has 2 rings (SSSR count). The third-order valence-corrected chi connectivity index (χ3v) is 3.83. The molecular weight excluding hydrogens is 339 g/mol. The third-order valence-electron chi connectivity index (χ3n) is 3.21. The van der Waals surface area contributed by atoms with Gasteiger partial charge in [-0.2, -0.15) is 0 Å². The summed E-state index contributed by atoms with van der Waals surface area (Å²) in [4.78, 5) is 0. The Morgan fingerprint density at radius 1 is 1.14 bits per heavy atom. The molecule has 0 aliphatic carbocycles. The smallest absolute Gasteiger partial charge is 0.133 e. The van der Waals surface area contributed by atoms with Gasteiger partial charge in [-0.25, -0.2) is 4.39 Å². The molecule has 0 bridgehead atoms. The van der Waals surface area contributed by atoms with Crippen LogP contribution < -0.4 is 9.47 Å². The number of aliphatic hydroxyl groups excluding tert-OH is 1. The SMILES string of the molecule is COc1ccc(CC(O)c2c(F)cccc2OC)cc1Br. The molecule has 2 aromatic rings. The van der Waals surface area contributed by atoms with Crippen molar-refractivity contribution in [3.63, 3.8) is 0 Å². The number of hydrogen-bond acceptors (Lipinski definition) is 3. The van der Waals surface area contributed by atoms with E-state index in [0.29, 0.717) is 11.5 Å². The first kappa shape index (κ1) is 15.8. The van der Waals surface area contributed by atoms with Gasteiger partial charge in [0.05, 0.1) is 30.4 Å². The summed E-state index contributed by atoms with van der Waals surface area (Å²) < 4.78 is 25.0. The van der Waals surface area contributed by atoms with Crippen molar-refractivity contribution in [2.45, 2.75) is 12.5 Å². The lowest BCUT2D eigenvalue weighted by Gasteiger charge is -2.16. The first-order valence-electron chi connectivity index (χ1n) is 6.39. The number of benzene rings is 2. The zero-order valence-electron chi connectivity index (χ0n) is 11.8. The van der Waals surface area contributed by atoms with Crippen LogP contribution in [0.25, 0.3) is 0 Å². The molecule has 1 atom stereocenters. The Kier molecular flexibility index (Phi) is 5.20. The first-order chi connectivity index (χ1) is 10.1. The highest BCUT2D eigenvalue weighted by molar-refractivity contribution is 9.10. The van der Waals surface area contributed by atoms with Crippen molar-refractivity contribution in [3.8, 4) is 11.5 Å². The highest BCUT2D eigenvalue weighted by Crippen LogP contribution is 2.32. The maximum absolute atomic E-state index is 13.9. The third kappa shape index (κ3) is 3.54. The van der Waals surface area contributed by atoms with Crippen LogP contribution in [0.2, 0.25) is 0 Å². The Hall–Kier alpha value is -1.59. The van der Waals surface area contributed by atoms with Crippen molar-refractivity contribution < 1.29 is 19.0 Å². The molecule has 0 saturated heterocycles. The fraction of sp³-hybridized carbons (Fsp3) is 0.250. The summed E-state index contributed by atoms with van der Waals surface area (Å²) >= 11 is 3.39. The van der Waals surface area contributed by atoms with E-state index < -0.39 is 11.9 Å². The van der Waals surface area contributed by atoms with Crippen LogP contribution in [0, 0.1) is 5.82 Å². The van der Waals surface area contributed by atoms with Gasteiger partial charge in [-0.15, -0.1) is 0 Å². The lowest BCUT2D eigenvalue weighted by molar-refractivity contribution is 0.169. The predicted octanol–water partition coefficient (Wildman–Crippen LogP) is 3.88. The van der Waals surface area contributed by atoms with Gasteiger partial charge in [0.15, 0.2) is 0 Å². The Morgan fingerprint density at radius 2 is 1.86 bits per heavy atom. The quantitative estimate of drug-likeness (QED) is 0.885. The number of methoxy groups -OCH3 is 2. The molecule has 0 saturated carbocycles. The summed E-state index contributed by atoms with van der Waals surface area (Å²) in [5, 5.41) is 10.3. The van der Waals surface area contributed by atoms with Gasteiger partial charge >= 0.3 is 0 Å². The summed E-state index contributed by atoms with van der Waals surface area (Å²) in [6.07, 6.45) is -0.707. The number of ether oxygens (including phenoxy) is 2. The Bertz CT molecular complexity index is 631. The molecule has 0 heterocycles. The van der Waals surface area contributed by atoms with Crippen LogP contribution in [0.1, 0.15) is 17.2 Å². The Morgan fingerprint density at radius 3 is 2.48 bits per heavy atom. The number of rotatable bonds is 5. The van der Waals surface area contributed by atoms with Crippen LogP contribution in [-0.4, -0.2) is 19.3 Å². The molecule has 0 amide bonds. The molecule has 3 nitrogen and oxygen atoms in total. The molecule has 0 aliphatic rings. The van der Waals surface area contributed by atoms with Crippen molar-refractivity contribution in [3.05, 3.63) is 57.8 Å². The number of halogens is 2. The summed E-state index contributed by atoms with van der Waals surface area (Å²) in [5.74, 6) is 0.571. The zero-order valence-corrected chi connectivity index (χ0v) is 13.4. The minimum Gasteiger partial charge on any atom is -0.496 e. The normalized spacial score (nSPS) is 12.0. The van der Waals surface area contributed by atoms with Crippen molar-refractivity contribution >= 4 is 15.9 Å². The number of aliphatic hydroxyl groups is 1. The minimum absolute atomic E-state index is 0.173. The van der Waals surface area contributed by atoms with Crippen LogP contribution in [0.15, 0.2) is 40.9 Å². The van der Waals surface area contributed by atoms with E-state index in [1.165, 1.54) is 13.2 Å². The van der Waals surface area contributed by atoms with E-state index in [2.05, 4.69) is 15.9 Å². The highest BCUT2D eigenvalue weighted by Gasteiger charge is 2.19. The molecular formula is C16H16BrFO3. The van der Waals surface area contributed by atoms with E-state index in [1.54, 1.807) is 25.3 Å². The molecule has 1 N–H and O–H groups in total. The topological polar surface area (TPSA) is 38.7 Å². The van der Waals surface area contributed by atoms with Crippen LogP contribution in [-0.2, 0) is 6.42 Å². The average Bonchev–Trinajstić information content (AvgIpc) is 2.46. The van der Waals surface area contributed by atoms with Crippen LogP contribution in [0.5, 0.6) is 11.5 Å². The molecule has 0 fully saturated rings. The van der Waals surface area contributed by atoms with E-state index in [9.17, 15) is 9.50 Å². The van der Waals surface area contributed by atoms with Gasteiger partial charge in [-0.3, -0.25) is 0 Å². The van der Waals surface area contributed by atoms with Crippen molar-refractivity contribution in [1.82, 2.24) is 0 Å². The fourth-order valence-electron chi connectivity index (χ4n) is 2.18. The average molecular weight is 355 g/mol. The van der Waals surface area contributed by atoms with Crippen LogP contribution in [0.4, 0.5) is 4.39 Å². The maximum atomic E-state index is 13.9. The molecule has 0 radical (unpaired) electrons. The Labute approximate surface area is 131 Å². The van der Waals surface area contributed by atoms with Gasteiger partial charge in [0.25, 0.3) is 0 Å². The molecule has 0 spiro atoms. The Balaban J connectivity index is 2.26. The first-order valence-corrected chi connectivity index (χ1v) is 7.19. The second-order valence-corrected chi connectivity index (χ2v) is 5.40. The molecule has 112 valence electrons. The summed E-state index contributed by atoms with van der Waals surface area (Å²) in [5.41, 5.74) is 1.03. The lowest BCUT2D eigenvalue weighted by Crippen LogP contribution is -2.07. The summed E-state index contributed by atoms with van der Waals surface area (Å²) in [7, 11) is 3.04. The largest absolute Gasteiger partial charge is 0.496 e. The van der Waals surface area contributed by atoms with Crippen LogP contribution in [0.3, 0.4) is 0 Å². The summed E-state index contributed by atoms with van der Waals surface area (Å²) in [6, 6.07) is 9.96. The number of hydrogen-bond donors (Lipinski definition) is 1. The maximum Gasteiger partial charge on any atom is 0.133 e. The molecule has 0 aromatic heterocycles. The lowest BCUT2D eigenvalue weighted by atomic mass is 10.00. The molecule has 5 heteroatoms. The van der Waals surface area contributed by atoms with Gasteiger partial charge in [-0.05, 0) is 45.8 Å². The second-order valence-electron chi connectivity index (χ2n) is 4.54. The molecule has 21 heavy (non-hydrogen) atoms. The van der Waals surface area contributed by atoms with Gasteiger partial charge < -0.3 is 14.6 Å². The van der Waals surface area contributed by atoms with E-state index in [4.69, 9.17) is 9.47 Å². The van der Waals surface area contributed by atoms with Gasteiger partial charge in [0, 0.05) is 6.42 Å². The van der Waals surface area contributed by atoms with Crippen molar-refractivity contribution in [2.75, 3.05) is 14.2 Å². The predicted molar refractivity (Wildman–Crippen MR) is 82.3 cm³/mol. The summed E-state index contributed by atoms with van der Waals surface area (Å²) in [6.45, 7) is 0. The highest BCUT2D eigenvalue weighted by atomic mass is 79.9. The monoisotopic (exact) mass is 354 g/mol. The van der Waals surface area contributed by atoms with Crippen molar-refractivity contribution in [2.24, 2.45) is 0 Å². The van der Waals surface area contributed by atoms with E-state index in [1.807, 2.05) is 12.1 Å². The van der Waals surface area contributed by atoms with Gasteiger partial charge in [-0.1, -0.05) is 12.1 Å². The molecule has 0 aliphatic heterocycles. The van der Waals surface area contributed by atoms with Crippen LogP contribution >= 0.6 is 15.9 Å².